The smallest absolute Gasteiger partial charge is 0.200 e. The van der Waals surface area contributed by atoms with Gasteiger partial charge in [0.25, 0.3) is 0 Å². The van der Waals surface area contributed by atoms with Crippen LogP contribution in [0.1, 0.15) is 121 Å². The van der Waals surface area contributed by atoms with E-state index in [4.69, 9.17) is 0 Å². The Kier molecular flexibility index (Phi) is 14.3. The van der Waals surface area contributed by atoms with Crippen LogP contribution in [0.15, 0.2) is 0 Å². The molecule has 174 valence electrons. The minimum atomic E-state index is -2.07. The third-order valence-corrected chi connectivity index (χ3v) is 7.13. The SMILES string of the molecule is CCCCCCCCCCCCCCCCCC([SiH3])c1c(F)c(F)c(F)c(F)c1F. The van der Waals surface area contributed by atoms with E-state index in [-0.39, 0.29) is 0 Å². The Bertz CT molecular complexity index is 577. The van der Waals surface area contributed by atoms with Crippen molar-refractivity contribution < 1.29 is 22.0 Å². The third kappa shape index (κ3) is 9.48. The van der Waals surface area contributed by atoms with Crippen molar-refractivity contribution in [2.75, 3.05) is 0 Å². The summed E-state index contributed by atoms with van der Waals surface area (Å²) in [6.45, 7) is 2.24. The average molecular weight is 451 g/mol. The number of halogens is 5. The summed E-state index contributed by atoms with van der Waals surface area (Å²) in [6, 6.07) is 0. The molecule has 0 fully saturated rings. The Labute approximate surface area is 182 Å². The lowest BCUT2D eigenvalue weighted by Gasteiger charge is -2.15. The molecule has 0 nitrogen and oxygen atoms in total. The lowest BCUT2D eigenvalue weighted by atomic mass is 10.0. The highest BCUT2D eigenvalue weighted by atomic mass is 28.1. The van der Waals surface area contributed by atoms with Crippen molar-refractivity contribution in [3.05, 3.63) is 34.6 Å². The number of rotatable bonds is 17. The minimum absolute atomic E-state index is 0.353. The van der Waals surface area contributed by atoms with Crippen molar-refractivity contribution >= 4 is 10.2 Å². The van der Waals surface area contributed by atoms with Crippen LogP contribution in [0, 0.1) is 29.1 Å². The molecule has 0 N–H and O–H groups in total. The van der Waals surface area contributed by atoms with Gasteiger partial charge in [-0.2, -0.15) is 0 Å². The zero-order chi connectivity index (χ0) is 22.4. The molecule has 1 aromatic rings. The molecule has 0 saturated carbocycles. The van der Waals surface area contributed by atoms with Gasteiger partial charge in [0.15, 0.2) is 23.3 Å². The molecule has 0 aliphatic carbocycles. The van der Waals surface area contributed by atoms with Crippen molar-refractivity contribution in [1.29, 1.82) is 0 Å². The Morgan fingerprint density at radius 2 is 0.800 bits per heavy atom. The van der Waals surface area contributed by atoms with Crippen LogP contribution in [0.5, 0.6) is 0 Å². The molecular formula is C24H39F5Si. The second-order valence-corrected chi connectivity index (χ2v) is 10.0. The van der Waals surface area contributed by atoms with Gasteiger partial charge >= 0.3 is 0 Å². The van der Waals surface area contributed by atoms with Crippen molar-refractivity contribution in [1.82, 2.24) is 0 Å². The quantitative estimate of drug-likeness (QED) is 0.0740. The molecular weight excluding hydrogens is 411 g/mol. The van der Waals surface area contributed by atoms with Gasteiger partial charge in [-0.15, -0.1) is 0 Å². The van der Waals surface area contributed by atoms with Gasteiger partial charge in [0.2, 0.25) is 5.82 Å². The highest BCUT2D eigenvalue weighted by Gasteiger charge is 2.28. The predicted octanol–water partition coefficient (Wildman–Crippen LogP) is 8.05. The van der Waals surface area contributed by atoms with E-state index in [0.29, 0.717) is 16.7 Å². The average Bonchev–Trinajstić information content (AvgIpc) is 2.73. The Hall–Kier alpha value is -0.913. The summed E-state index contributed by atoms with van der Waals surface area (Å²) < 4.78 is 67.5. The fourth-order valence-corrected chi connectivity index (χ4v) is 4.94. The van der Waals surface area contributed by atoms with E-state index in [9.17, 15) is 22.0 Å². The van der Waals surface area contributed by atoms with Gasteiger partial charge in [-0.1, -0.05) is 103 Å². The molecule has 30 heavy (non-hydrogen) atoms. The van der Waals surface area contributed by atoms with Gasteiger partial charge in [0, 0.05) is 15.8 Å². The van der Waals surface area contributed by atoms with E-state index in [1.807, 2.05) is 0 Å². The van der Waals surface area contributed by atoms with Crippen molar-refractivity contribution in [2.45, 2.75) is 115 Å². The first-order chi connectivity index (χ1) is 14.4. The molecule has 0 amide bonds. The molecule has 0 saturated heterocycles. The van der Waals surface area contributed by atoms with E-state index in [1.165, 1.54) is 70.6 Å². The first-order valence-corrected chi connectivity index (χ1v) is 13.1. The van der Waals surface area contributed by atoms with Gasteiger partial charge in [-0.3, -0.25) is 0 Å². The lowest BCUT2D eigenvalue weighted by Crippen LogP contribution is -2.12. The zero-order valence-electron chi connectivity index (χ0n) is 18.8. The van der Waals surface area contributed by atoms with E-state index < -0.39 is 40.2 Å². The summed E-state index contributed by atoms with van der Waals surface area (Å²) >= 11 is 0. The Morgan fingerprint density at radius 3 is 1.17 bits per heavy atom. The molecule has 0 radical (unpaired) electrons. The maximum atomic E-state index is 13.8. The number of unbranched alkanes of at least 4 members (excludes halogenated alkanes) is 14. The molecule has 0 bridgehead atoms. The molecule has 0 heterocycles. The largest absolute Gasteiger partial charge is 0.203 e. The molecule has 1 rings (SSSR count). The number of benzene rings is 1. The fraction of sp³-hybridized carbons (Fsp3) is 0.750. The maximum absolute atomic E-state index is 13.8. The van der Waals surface area contributed by atoms with Crippen LogP contribution in [-0.2, 0) is 0 Å². The molecule has 1 unspecified atom stereocenters. The van der Waals surface area contributed by atoms with Crippen LogP contribution in [0.2, 0.25) is 0 Å². The maximum Gasteiger partial charge on any atom is 0.200 e. The zero-order valence-corrected chi connectivity index (χ0v) is 20.8. The highest BCUT2D eigenvalue weighted by molar-refractivity contribution is 6.12. The van der Waals surface area contributed by atoms with Gasteiger partial charge in [-0.05, 0) is 12.0 Å². The van der Waals surface area contributed by atoms with Gasteiger partial charge < -0.3 is 0 Å². The third-order valence-electron chi connectivity index (χ3n) is 5.98. The molecule has 6 heteroatoms. The van der Waals surface area contributed by atoms with Gasteiger partial charge in [0.05, 0.1) is 0 Å². The van der Waals surface area contributed by atoms with Crippen LogP contribution >= 0.6 is 0 Å². The van der Waals surface area contributed by atoms with Crippen LogP contribution < -0.4 is 0 Å². The van der Waals surface area contributed by atoms with Crippen LogP contribution in [0.3, 0.4) is 0 Å². The first kappa shape index (κ1) is 27.1. The van der Waals surface area contributed by atoms with Crippen LogP contribution in [0.25, 0.3) is 0 Å². The highest BCUT2D eigenvalue weighted by Crippen LogP contribution is 2.30. The van der Waals surface area contributed by atoms with E-state index in [2.05, 4.69) is 6.92 Å². The summed E-state index contributed by atoms with van der Waals surface area (Å²) in [7, 11) is 0.353. The minimum Gasteiger partial charge on any atom is -0.203 e. The predicted molar refractivity (Wildman–Crippen MR) is 118 cm³/mol. The van der Waals surface area contributed by atoms with Crippen LogP contribution in [0.4, 0.5) is 22.0 Å². The van der Waals surface area contributed by atoms with Crippen molar-refractivity contribution in [2.24, 2.45) is 0 Å². The lowest BCUT2D eigenvalue weighted by molar-refractivity contribution is 0.367. The molecule has 1 atom stereocenters. The second-order valence-electron chi connectivity index (χ2n) is 8.62. The Balaban J connectivity index is 2.07. The number of hydrogen-bond acceptors (Lipinski definition) is 0. The van der Waals surface area contributed by atoms with E-state index in [0.717, 1.165) is 25.7 Å². The fourth-order valence-electron chi connectivity index (χ4n) is 4.02. The van der Waals surface area contributed by atoms with Crippen molar-refractivity contribution in [3.8, 4) is 0 Å². The monoisotopic (exact) mass is 450 g/mol. The van der Waals surface area contributed by atoms with Gasteiger partial charge in [-0.25, -0.2) is 22.0 Å². The summed E-state index contributed by atoms with van der Waals surface area (Å²) in [6.07, 6.45) is 18.9. The number of hydrogen-bond donors (Lipinski definition) is 0. The molecule has 0 aliphatic heterocycles. The normalized spacial score (nSPS) is 12.6. The standard InChI is InChI=1S/C24H39F5Si/c1-2-3-4-5-6-7-8-9-10-11-12-13-14-15-16-17-18(30)19-20(25)22(27)24(29)23(28)21(19)26/h18H,2-17H2,1,30H3. The topological polar surface area (TPSA) is 0 Å². The first-order valence-electron chi connectivity index (χ1n) is 11.9. The van der Waals surface area contributed by atoms with E-state index in [1.54, 1.807) is 0 Å². The second kappa shape index (κ2) is 15.8. The molecule has 0 spiro atoms. The molecule has 1 aromatic carbocycles. The van der Waals surface area contributed by atoms with Crippen LogP contribution in [-0.4, -0.2) is 10.2 Å². The summed E-state index contributed by atoms with van der Waals surface area (Å²) in [5.41, 5.74) is -1.18. The summed E-state index contributed by atoms with van der Waals surface area (Å²) in [4.78, 5) is 0. The van der Waals surface area contributed by atoms with E-state index >= 15 is 0 Å². The van der Waals surface area contributed by atoms with Gasteiger partial charge in [0.1, 0.15) is 0 Å². The molecule has 0 aliphatic rings. The van der Waals surface area contributed by atoms with Crippen molar-refractivity contribution in [3.63, 3.8) is 0 Å². The Morgan fingerprint density at radius 1 is 0.500 bits per heavy atom. The molecule has 0 aromatic heterocycles. The summed E-state index contributed by atoms with van der Waals surface area (Å²) in [5.74, 6) is -9.06. The summed E-state index contributed by atoms with van der Waals surface area (Å²) in [5, 5.41) is 0.